The van der Waals surface area contributed by atoms with Crippen LogP contribution in [0.3, 0.4) is 0 Å². The van der Waals surface area contributed by atoms with Crippen LogP contribution < -0.4 is 10.6 Å². The van der Waals surface area contributed by atoms with Crippen molar-refractivity contribution in [2.75, 3.05) is 0 Å². The standard InChI is InChI=1S/C16H14N4O4S/c21-13-10(14(22)20-16(25)19-13)7-18-12(15(23)24)5-8-6-17-11-4-2-1-3-9(8)11/h1-4,6-7,10,12,17H,5H2,(H,23,24)(H2,19,20,21,22,25)/t12-/m0/s1. The van der Waals surface area contributed by atoms with Gasteiger partial charge in [0.05, 0.1) is 0 Å². The maximum absolute atomic E-state index is 11.8. The number of nitrogens with zero attached hydrogens (tertiary/aromatic N) is 1. The van der Waals surface area contributed by atoms with E-state index in [2.05, 4.69) is 20.6 Å². The van der Waals surface area contributed by atoms with E-state index >= 15 is 0 Å². The number of fused-ring (bicyclic) bond motifs is 1. The van der Waals surface area contributed by atoms with Gasteiger partial charge in [-0.25, -0.2) is 4.79 Å². The lowest BCUT2D eigenvalue weighted by Crippen LogP contribution is -2.56. The van der Waals surface area contributed by atoms with Crippen molar-refractivity contribution in [2.24, 2.45) is 10.9 Å². The summed E-state index contributed by atoms with van der Waals surface area (Å²) in [5.41, 5.74) is 1.68. The summed E-state index contributed by atoms with van der Waals surface area (Å²) in [4.78, 5) is 42.1. The molecule has 1 aromatic carbocycles. The smallest absolute Gasteiger partial charge is 0.328 e. The van der Waals surface area contributed by atoms with E-state index in [4.69, 9.17) is 12.2 Å². The number of H-pyrrole nitrogens is 1. The third-order valence-corrected chi connectivity index (χ3v) is 4.03. The van der Waals surface area contributed by atoms with Gasteiger partial charge in [-0.2, -0.15) is 0 Å². The Labute approximate surface area is 147 Å². The first-order valence-electron chi connectivity index (χ1n) is 7.42. The Hall–Kier alpha value is -3.07. The van der Waals surface area contributed by atoms with Crippen LogP contribution in [0.15, 0.2) is 35.5 Å². The van der Waals surface area contributed by atoms with Crippen molar-refractivity contribution in [3.05, 3.63) is 36.0 Å². The highest BCUT2D eigenvalue weighted by Crippen LogP contribution is 2.20. The number of hydrogen-bond acceptors (Lipinski definition) is 5. The van der Waals surface area contributed by atoms with Crippen LogP contribution in [0.2, 0.25) is 0 Å². The Morgan fingerprint density at radius 2 is 1.96 bits per heavy atom. The number of amides is 2. The largest absolute Gasteiger partial charge is 0.480 e. The summed E-state index contributed by atoms with van der Waals surface area (Å²) >= 11 is 4.71. The summed E-state index contributed by atoms with van der Waals surface area (Å²) in [5, 5.41) is 14.8. The normalized spacial score (nSPS) is 16.9. The van der Waals surface area contributed by atoms with Crippen LogP contribution in [-0.4, -0.2) is 45.2 Å². The molecular formula is C16H14N4O4S. The number of hydrogen-bond donors (Lipinski definition) is 4. The van der Waals surface area contributed by atoms with Crippen LogP contribution in [0.1, 0.15) is 5.56 Å². The van der Waals surface area contributed by atoms with Crippen molar-refractivity contribution in [1.29, 1.82) is 0 Å². The van der Waals surface area contributed by atoms with E-state index in [-0.39, 0.29) is 11.5 Å². The Morgan fingerprint density at radius 1 is 1.28 bits per heavy atom. The molecule has 25 heavy (non-hydrogen) atoms. The van der Waals surface area contributed by atoms with E-state index in [0.29, 0.717) is 0 Å². The molecule has 8 nitrogen and oxygen atoms in total. The molecule has 2 aromatic rings. The summed E-state index contributed by atoms with van der Waals surface area (Å²) in [6.45, 7) is 0. The number of carbonyl (C=O) groups excluding carboxylic acids is 2. The summed E-state index contributed by atoms with van der Waals surface area (Å²) in [5.74, 6) is -3.62. The van der Waals surface area contributed by atoms with Gasteiger partial charge in [0.15, 0.2) is 17.1 Å². The number of aliphatic imine (C=N–C) groups is 1. The van der Waals surface area contributed by atoms with Gasteiger partial charge >= 0.3 is 5.97 Å². The number of aromatic amines is 1. The lowest BCUT2D eigenvalue weighted by Gasteiger charge is -2.19. The molecule has 1 atom stereocenters. The molecule has 1 saturated heterocycles. The number of carbonyl (C=O) groups is 3. The molecule has 9 heteroatoms. The summed E-state index contributed by atoms with van der Waals surface area (Å²) < 4.78 is 0. The number of rotatable bonds is 5. The fourth-order valence-corrected chi connectivity index (χ4v) is 2.77. The molecule has 1 fully saturated rings. The lowest BCUT2D eigenvalue weighted by molar-refractivity contribution is -0.138. The molecule has 2 heterocycles. The van der Waals surface area contributed by atoms with E-state index in [9.17, 15) is 19.5 Å². The predicted octanol–water partition coefficient (Wildman–Crippen LogP) is 0.381. The van der Waals surface area contributed by atoms with E-state index in [1.54, 1.807) is 6.20 Å². The zero-order valence-corrected chi connectivity index (χ0v) is 13.7. The van der Waals surface area contributed by atoms with Crippen LogP contribution in [-0.2, 0) is 20.8 Å². The SMILES string of the molecule is O=C1NC(=S)NC(=O)C1C=N[C@@H](Cc1c[nH]c2ccccc12)C(=O)O. The minimum atomic E-state index is -1.21. The average molecular weight is 358 g/mol. The first-order valence-corrected chi connectivity index (χ1v) is 7.83. The maximum atomic E-state index is 11.8. The molecule has 1 aromatic heterocycles. The lowest BCUT2D eigenvalue weighted by atomic mass is 10.0. The zero-order chi connectivity index (χ0) is 18.0. The van der Waals surface area contributed by atoms with Gasteiger partial charge in [-0.05, 0) is 23.8 Å². The van der Waals surface area contributed by atoms with Crippen molar-refractivity contribution in [3.63, 3.8) is 0 Å². The van der Waals surface area contributed by atoms with E-state index < -0.39 is 29.7 Å². The first kappa shape index (κ1) is 16.8. The molecule has 0 radical (unpaired) electrons. The third kappa shape index (κ3) is 3.56. The molecule has 3 rings (SSSR count). The summed E-state index contributed by atoms with van der Waals surface area (Å²) in [6, 6.07) is 6.39. The number of nitrogens with one attached hydrogen (secondary N) is 3. The number of carboxylic acids is 1. The molecule has 4 N–H and O–H groups in total. The van der Waals surface area contributed by atoms with Gasteiger partial charge in [0, 0.05) is 29.7 Å². The van der Waals surface area contributed by atoms with E-state index in [1.165, 1.54) is 0 Å². The topological polar surface area (TPSA) is 124 Å². The number of carboxylic acid groups (broad SMARTS) is 1. The van der Waals surface area contributed by atoms with E-state index in [0.717, 1.165) is 22.7 Å². The quantitative estimate of drug-likeness (QED) is 0.350. The minimum absolute atomic E-state index is 0.0757. The second kappa shape index (κ2) is 6.81. The van der Waals surface area contributed by atoms with Crippen molar-refractivity contribution in [3.8, 4) is 0 Å². The highest BCUT2D eigenvalue weighted by molar-refractivity contribution is 7.80. The van der Waals surface area contributed by atoms with Gasteiger partial charge in [-0.1, -0.05) is 18.2 Å². The Kier molecular flexibility index (Phi) is 4.57. The summed E-state index contributed by atoms with van der Waals surface area (Å²) in [7, 11) is 0. The maximum Gasteiger partial charge on any atom is 0.328 e. The van der Waals surface area contributed by atoms with Gasteiger partial charge < -0.3 is 20.7 Å². The average Bonchev–Trinajstić information content (AvgIpc) is 2.95. The number of aromatic nitrogens is 1. The van der Waals surface area contributed by atoms with Crippen molar-refractivity contribution in [2.45, 2.75) is 12.5 Å². The zero-order valence-electron chi connectivity index (χ0n) is 12.9. The van der Waals surface area contributed by atoms with E-state index in [1.807, 2.05) is 24.3 Å². The first-order chi connectivity index (χ1) is 12.0. The Morgan fingerprint density at radius 3 is 2.64 bits per heavy atom. The fraction of sp³-hybridized carbons (Fsp3) is 0.188. The number of benzene rings is 1. The van der Waals surface area contributed by atoms with Crippen LogP contribution in [0.5, 0.6) is 0 Å². The van der Waals surface area contributed by atoms with Gasteiger partial charge in [-0.15, -0.1) is 0 Å². The van der Waals surface area contributed by atoms with Crippen LogP contribution >= 0.6 is 12.2 Å². The Balaban J connectivity index is 1.80. The molecular weight excluding hydrogens is 344 g/mol. The molecule has 1 aliphatic heterocycles. The van der Waals surface area contributed by atoms with Crippen LogP contribution in [0, 0.1) is 5.92 Å². The van der Waals surface area contributed by atoms with Crippen molar-refractivity contribution >= 4 is 52.2 Å². The Bertz CT molecular complexity index is 884. The van der Waals surface area contributed by atoms with Crippen LogP contribution in [0.25, 0.3) is 10.9 Å². The summed E-state index contributed by atoms with van der Waals surface area (Å²) in [6.07, 6.45) is 2.92. The highest BCUT2D eigenvalue weighted by Gasteiger charge is 2.31. The second-order valence-corrected chi connectivity index (χ2v) is 5.91. The second-order valence-electron chi connectivity index (χ2n) is 5.50. The monoisotopic (exact) mass is 358 g/mol. The van der Waals surface area contributed by atoms with Gasteiger partial charge in [0.25, 0.3) is 0 Å². The third-order valence-electron chi connectivity index (χ3n) is 3.83. The van der Waals surface area contributed by atoms with Crippen molar-refractivity contribution in [1.82, 2.24) is 15.6 Å². The van der Waals surface area contributed by atoms with Gasteiger partial charge in [0.2, 0.25) is 11.8 Å². The number of para-hydroxylation sites is 1. The molecule has 2 amide bonds. The minimum Gasteiger partial charge on any atom is -0.480 e. The predicted molar refractivity (Wildman–Crippen MR) is 94.3 cm³/mol. The molecule has 1 aliphatic rings. The highest BCUT2D eigenvalue weighted by atomic mass is 32.1. The fourth-order valence-electron chi connectivity index (χ4n) is 2.57. The molecule has 128 valence electrons. The molecule has 0 aliphatic carbocycles. The van der Waals surface area contributed by atoms with Crippen molar-refractivity contribution < 1.29 is 19.5 Å². The molecule has 0 spiro atoms. The molecule has 0 saturated carbocycles. The van der Waals surface area contributed by atoms with Gasteiger partial charge in [0.1, 0.15) is 0 Å². The number of thiocarbonyl (C=S) groups is 1. The number of aliphatic carboxylic acids is 1. The molecule has 0 unspecified atom stereocenters. The van der Waals surface area contributed by atoms with Crippen LogP contribution in [0.4, 0.5) is 0 Å². The van der Waals surface area contributed by atoms with Gasteiger partial charge in [-0.3, -0.25) is 14.6 Å². The molecule has 0 bridgehead atoms.